The Morgan fingerprint density at radius 1 is 1.21 bits per heavy atom. The molecule has 3 rings (SSSR count). The van der Waals surface area contributed by atoms with Crippen LogP contribution in [-0.4, -0.2) is 34.5 Å². The Kier molecular flexibility index (Phi) is 4.64. The number of rotatable bonds is 6. The van der Waals surface area contributed by atoms with E-state index in [1.165, 1.54) is 0 Å². The van der Waals surface area contributed by atoms with E-state index >= 15 is 0 Å². The smallest absolute Gasteiger partial charge is 0.253 e. The van der Waals surface area contributed by atoms with Gasteiger partial charge in [0.05, 0.1) is 5.56 Å². The molecular weight excluding hydrogens is 304 g/mol. The molecule has 0 spiro atoms. The molecular formula is C18H22N4O2. The minimum Gasteiger partial charge on any atom is -0.354 e. The number of nitrogens with zero attached hydrogens (tertiary/aromatic N) is 2. The van der Waals surface area contributed by atoms with Gasteiger partial charge < -0.3 is 15.2 Å². The summed E-state index contributed by atoms with van der Waals surface area (Å²) < 4.78 is 1.96. The zero-order valence-corrected chi connectivity index (χ0v) is 14.0. The van der Waals surface area contributed by atoms with Gasteiger partial charge in [-0.15, -0.1) is 0 Å². The lowest BCUT2D eigenvalue weighted by atomic mass is 10.2. The van der Waals surface area contributed by atoms with Crippen LogP contribution in [0.3, 0.4) is 0 Å². The molecule has 0 bridgehead atoms. The van der Waals surface area contributed by atoms with E-state index in [9.17, 15) is 9.59 Å². The third-order valence-electron chi connectivity index (χ3n) is 4.21. The lowest BCUT2D eigenvalue weighted by molar-refractivity contribution is -0.122. The SMILES string of the molecule is Cc1cc(C(=O)NCCNC(=O)C2CC2)c(C)n1-c1ccccn1. The maximum atomic E-state index is 12.4. The van der Waals surface area contributed by atoms with E-state index in [1.807, 2.05) is 42.7 Å². The molecule has 6 nitrogen and oxygen atoms in total. The van der Waals surface area contributed by atoms with Crippen molar-refractivity contribution in [3.05, 3.63) is 47.4 Å². The summed E-state index contributed by atoms with van der Waals surface area (Å²) in [5.41, 5.74) is 2.44. The number of carbonyl (C=O) groups excluding carboxylic acids is 2. The number of hydrogen-bond donors (Lipinski definition) is 2. The van der Waals surface area contributed by atoms with Crippen molar-refractivity contribution in [1.82, 2.24) is 20.2 Å². The predicted octanol–water partition coefficient (Wildman–Crippen LogP) is 1.75. The summed E-state index contributed by atoms with van der Waals surface area (Å²) in [6.45, 7) is 4.74. The first kappa shape index (κ1) is 16.2. The van der Waals surface area contributed by atoms with Crippen LogP contribution in [0.25, 0.3) is 5.82 Å². The number of aryl methyl sites for hydroxylation is 1. The van der Waals surface area contributed by atoms with Crippen molar-refractivity contribution >= 4 is 11.8 Å². The first-order chi connectivity index (χ1) is 11.6. The Bertz CT molecular complexity index is 748. The van der Waals surface area contributed by atoms with E-state index < -0.39 is 0 Å². The lowest BCUT2D eigenvalue weighted by Gasteiger charge is -2.09. The second-order valence-corrected chi connectivity index (χ2v) is 6.13. The molecule has 2 amide bonds. The van der Waals surface area contributed by atoms with Crippen LogP contribution in [0.5, 0.6) is 0 Å². The van der Waals surface area contributed by atoms with Crippen LogP contribution < -0.4 is 10.6 Å². The van der Waals surface area contributed by atoms with Crippen molar-refractivity contribution in [2.75, 3.05) is 13.1 Å². The van der Waals surface area contributed by atoms with Gasteiger partial charge in [-0.3, -0.25) is 9.59 Å². The van der Waals surface area contributed by atoms with Crippen LogP contribution in [0, 0.1) is 19.8 Å². The largest absolute Gasteiger partial charge is 0.354 e. The standard InChI is InChI=1S/C18H22N4O2/c1-12-11-15(13(2)22(12)16-5-3-4-8-19-16)18(24)21-10-9-20-17(23)14-6-7-14/h3-5,8,11,14H,6-7,9-10H2,1-2H3,(H,20,23)(H,21,24). The van der Waals surface area contributed by atoms with Gasteiger partial charge in [0.2, 0.25) is 5.91 Å². The summed E-state index contributed by atoms with van der Waals surface area (Å²) in [6.07, 6.45) is 3.70. The summed E-state index contributed by atoms with van der Waals surface area (Å²) in [6, 6.07) is 7.56. The van der Waals surface area contributed by atoms with E-state index in [-0.39, 0.29) is 17.7 Å². The van der Waals surface area contributed by atoms with Crippen LogP contribution in [0.2, 0.25) is 0 Å². The number of amides is 2. The van der Waals surface area contributed by atoms with Crippen LogP contribution in [0.4, 0.5) is 0 Å². The summed E-state index contributed by atoms with van der Waals surface area (Å²) >= 11 is 0. The monoisotopic (exact) mass is 326 g/mol. The highest BCUT2D eigenvalue weighted by molar-refractivity contribution is 5.95. The van der Waals surface area contributed by atoms with Gasteiger partial charge >= 0.3 is 0 Å². The summed E-state index contributed by atoms with van der Waals surface area (Å²) in [5, 5.41) is 5.70. The molecule has 24 heavy (non-hydrogen) atoms. The lowest BCUT2D eigenvalue weighted by Crippen LogP contribution is -2.35. The van der Waals surface area contributed by atoms with Gasteiger partial charge in [0, 0.05) is 36.6 Å². The fourth-order valence-corrected chi connectivity index (χ4v) is 2.78. The highest BCUT2D eigenvalue weighted by Crippen LogP contribution is 2.28. The molecule has 1 aliphatic rings. The number of hydrogen-bond acceptors (Lipinski definition) is 3. The van der Waals surface area contributed by atoms with Crippen molar-refractivity contribution in [2.24, 2.45) is 5.92 Å². The minimum absolute atomic E-state index is 0.0950. The number of pyridine rings is 1. The van der Waals surface area contributed by atoms with E-state index in [0.717, 1.165) is 30.0 Å². The van der Waals surface area contributed by atoms with Gasteiger partial charge in [0.1, 0.15) is 5.82 Å². The predicted molar refractivity (Wildman–Crippen MR) is 91.1 cm³/mol. The Hall–Kier alpha value is -2.63. The topological polar surface area (TPSA) is 76.0 Å². The average molecular weight is 326 g/mol. The summed E-state index contributed by atoms with van der Waals surface area (Å²) in [5.74, 6) is 0.949. The van der Waals surface area contributed by atoms with Crippen molar-refractivity contribution in [3.8, 4) is 5.82 Å². The minimum atomic E-state index is -0.133. The quantitative estimate of drug-likeness (QED) is 0.794. The molecule has 0 unspecified atom stereocenters. The molecule has 6 heteroatoms. The molecule has 2 aromatic rings. The Labute approximate surface area is 141 Å². The molecule has 0 atom stereocenters. The van der Waals surface area contributed by atoms with Gasteiger partial charge in [0.15, 0.2) is 0 Å². The second kappa shape index (κ2) is 6.86. The Balaban J connectivity index is 1.62. The molecule has 0 aliphatic heterocycles. The van der Waals surface area contributed by atoms with Gasteiger partial charge in [0.25, 0.3) is 5.91 Å². The fourth-order valence-electron chi connectivity index (χ4n) is 2.78. The third kappa shape index (κ3) is 3.48. The first-order valence-electron chi connectivity index (χ1n) is 8.24. The Morgan fingerprint density at radius 2 is 1.96 bits per heavy atom. The molecule has 0 aromatic carbocycles. The number of aromatic nitrogens is 2. The summed E-state index contributed by atoms with van der Waals surface area (Å²) in [7, 11) is 0. The molecule has 1 fully saturated rings. The average Bonchev–Trinajstić information content (AvgIpc) is 3.38. The number of nitrogens with one attached hydrogen (secondary N) is 2. The van der Waals surface area contributed by atoms with Gasteiger partial charge in [-0.1, -0.05) is 6.07 Å². The highest BCUT2D eigenvalue weighted by atomic mass is 16.2. The van der Waals surface area contributed by atoms with Gasteiger partial charge in [-0.25, -0.2) is 4.98 Å². The van der Waals surface area contributed by atoms with Crippen molar-refractivity contribution < 1.29 is 9.59 Å². The Morgan fingerprint density at radius 3 is 2.62 bits per heavy atom. The van der Waals surface area contributed by atoms with E-state index in [2.05, 4.69) is 15.6 Å². The highest BCUT2D eigenvalue weighted by Gasteiger charge is 2.29. The second-order valence-electron chi connectivity index (χ2n) is 6.13. The third-order valence-corrected chi connectivity index (χ3v) is 4.21. The molecule has 1 aliphatic carbocycles. The molecule has 1 saturated carbocycles. The van der Waals surface area contributed by atoms with E-state index in [0.29, 0.717) is 18.7 Å². The normalized spacial score (nSPS) is 13.6. The first-order valence-corrected chi connectivity index (χ1v) is 8.24. The summed E-state index contributed by atoms with van der Waals surface area (Å²) in [4.78, 5) is 28.3. The molecule has 2 N–H and O–H groups in total. The van der Waals surface area contributed by atoms with E-state index in [4.69, 9.17) is 0 Å². The fraction of sp³-hybridized carbons (Fsp3) is 0.389. The van der Waals surface area contributed by atoms with Crippen molar-refractivity contribution in [1.29, 1.82) is 0 Å². The van der Waals surface area contributed by atoms with Crippen LogP contribution >= 0.6 is 0 Å². The van der Waals surface area contributed by atoms with Crippen LogP contribution in [-0.2, 0) is 4.79 Å². The molecule has 2 heterocycles. The molecule has 126 valence electrons. The van der Waals surface area contributed by atoms with Gasteiger partial charge in [-0.2, -0.15) is 0 Å². The maximum absolute atomic E-state index is 12.4. The van der Waals surface area contributed by atoms with Crippen LogP contribution in [0.15, 0.2) is 30.5 Å². The van der Waals surface area contributed by atoms with Crippen molar-refractivity contribution in [3.63, 3.8) is 0 Å². The van der Waals surface area contributed by atoms with Crippen molar-refractivity contribution in [2.45, 2.75) is 26.7 Å². The molecule has 2 aromatic heterocycles. The van der Waals surface area contributed by atoms with Gasteiger partial charge in [-0.05, 0) is 44.9 Å². The number of carbonyl (C=O) groups is 2. The maximum Gasteiger partial charge on any atom is 0.253 e. The van der Waals surface area contributed by atoms with E-state index in [1.54, 1.807) is 6.20 Å². The molecule has 0 radical (unpaired) electrons. The van der Waals surface area contributed by atoms with Crippen LogP contribution in [0.1, 0.15) is 34.6 Å². The zero-order valence-electron chi connectivity index (χ0n) is 14.0. The molecule has 0 saturated heterocycles. The zero-order chi connectivity index (χ0) is 17.1.